The zero-order valence-corrected chi connectivity index (χ0v) is 17.1. The first kappa shape index (κ1) is 20.7. The van der Waals surface area contributed by atoms with Crippen molar-refractivity contribution in [2.45, 2.75) is 6.92 Å². The summed E-state index contributed by atoms with van der Waals surface area (Å²) in [5.74, 6) is -0.134. The van der Waals surface area contributed by atoms with Crippen LogP contribution in [-0.4, -0.2) is 18.4 Å². The summed E-state index contributed by atoms with van der Waals surface area (Å²) < 4.78 is 5.47. The number of aryl methyl sites for hydroxylation is 1. The number of anilines is 2. The first-order valence-corrected chi connectivity index (χ1v) is 9.52. The Kier molecular flexibility index (Phi) is 6.75. The molecule has 148 valence electrons. The van der Waals surface area contributed by atoms with Crippen molar-refractivity contribution in [3.63, 3.8) is 0 Å². The Balaban J connectivity index is 1.54. The monoisotopic (exact) mass is 428 g/mol. The van der Waals surface area contributed by atoms with Crippen molar-refractivity contribution in [3.05, 3.63) is 87.9 Å². The molecule has 2 amide bonds. The fraction of sp³-hybridized carbons (Fsp3) is 0.0909. The van der Waals surface area contributed by atoms with Crippen LogP contribution in [0, 0.1) is 6.92 Å². The van der Waals surface area contributed by atoms with E-state index in [0.717, 1.165) is 5.56 Å². The summed E-state index contributed by atoms with van der Waals surface area (Å²) in [5, 5.41) is 6.32. The van der Waals surface area contributed by atoms with Gasteiger partial charge in [0.1, 0.15) is 5.75 Å². The van der Waals surface area contributed by atoms with E-state index in [-0.39, 0.29) is 18.4 Å². The summed E-state index contributed by atoms with van der Waals surface area (Å²) in [4.78, 5) is 24.3. The lowest BCUT2D eigenvalue weighted by Crippen LogP contribution is -2.20. The summed E-state index contributed by atoms with van der Waals surface area (Å²) in [5.41, 5.74) is 2.66. The van der Waals surface area contributed by atoms with Crippen molar-refractivity contribution in [3.8, 4) is 5.75 Å². The van der Waals surface area contributed by atoms with Gasteiger partial charge < -0.3 is 15.4 Å². The van der Waals surface area contributed by atoms with Crippen LogP contribution in [0.1, 0.15) is 15.9 Å². The van der Waals surface area contributed by atoms with Crippen molar-refractivity contribution in [2.75, 3.05) is 17.2 Å². The van der Waals surface area contributed by atoms with Gasteiger partial charge >= 0.3 is 0 Å². The number of nitrogens with one attached hydrogen (secondary N) is 2. The van der Waals surface area contributed by atoms with E-state index in [1.54, 1.807) is 42.5 Å². The van der Waals surface area contributed by atoms with Crippen LogP contribution in [0.15, 0.2) is 66.7 Å². The number of benzene rings is 3. The minimum Gasteiger partial charge on any atom is -0.484 e. The molecule has 0 bridgehead atoms. The molecule has 0 saturated carbocycles. The molecule has 0 aromatic heterocycles. The first-order valence-electron chi connectivity index (χ1n) is 8.76. The van der Waals surface area contributed by atoms with Crippen LogP contribution < -0.4 is 15.4 Å². The molecule has 0 aliphatic carbocycles. The molecule has 0 fully saturated rings. The molecule has 0 heterocycles. The summed E-state index contributed by atoms with van der Waals surface area (Å²) in [7, 11) is 0. The molecule has 5 nitrogen and oxygen atoms in total. The maximum absolute atomic E-state index is 12.4. The highest BCUT2D eigenvalue weighted by molar-refractivity contribution is 6.35. The van der Waals surface area contributed by atoms with Crippen LogP contribution in [-0.2, 0) is 4.79 Å². The minimum absolute atomic E-state index is 0.141. The SMILES string of the molecule is Cc1ccc(NC(=O)COc2ccc(C(=O)Nc3cc(Cl)ccc3Cl)cc2)cc1. The number of halogens is 2. The molecule has 29 heavy (non-hydrogen) atoms. The van der Waals surface area contributed by atoms with Crippen LogP contribution in [0.4, 0.5) is 11.4 Å². The Morgan fingerprint density at radius 3 is 2.28 bits per heavy atom. The molecule has 0 radical (unpaired) electrons. The van der Waals surface area contributed by atoms with Gasteiger partial charge in [0.15, 0.2) is 6.61 Å². The Morgan fingerprint density at radius 2 is 1.59 bits per heavy atom. The van der Waals surface area contributed by atoms with E-state index in [0.29, 0.717) is 32.7 Å². The Hall–Kier alpha value is -3.02. The highest BCUT2D eigenvalue weighted by Gasteiger charge is 2.10. The van der Waals surface area contributed by atoms with Crippen LogP contribution >= 0.6 is 23.2 Å². The molecule has 7 heteroatoms. The third kappa shape index (κ3) is 5.98. The molecule has 0 unspecified atom stereocenters. The molecular weight excluding hydrogens is 411 g/mol. The number of carbonyl (C=O) groups is 2. The van der Waals surface area contributed by atoms with E-state index in [1.807, 2.05) is 31.2 Å². The molecule has 0 saturated heterocycles. The van der Waals surface area contributed by atoms with E-state index in [1.165, 1.54) is 0 Å². The van der Waals surface area contributed by atoms with Gasteiger partial charge in [-0.15, -0.1) is 0 Å². The van der Waals surface area contributed by atoms with E-state index in [4.69, 9.17) is 27.9 Å². The fourth-order valence-corrected chi connectivity index (χ4v) is 2.81. The van der Waals surface area contributed by atoms with Crippen LogP contribution in [0.5, 0.6) is 5.75 Å². The molecule has 0 aliphatic heterocycles. The number of ether oxygens (including phenoxy) is 1. The fourth-order valence-electron chi connectivity index (χ4n) is 2.47. The number of hydrogen-bond acceptors (Lipinski definition) is 3. The van der Waals surface area contributed by atoms with Crippen molar-refractivity contribution >= 4 is 46.4 Å². The molecular formula is C22H18Cl2N2O3. The number of amides is 2. The van der Waals surface area contributed by atoms with Gasteiger partial charge in [0.25, 0.3) is 11.8 Å². The van der Waals surface area contributed by atoms with Gasteiger partial charge in [0, 0.05) is 16.3 Å². The quantitative estimate of drug-likeness (QED) is 0.538. The van der Waals surface area contributed by atoms with E-state index in [2.05, 4.69) is 10.6 Å². The van der Waals surface area contributed by atoms with Gasteiger partial charge in [-0.1, -0.05) is 40.9 Å². The highest BCUT2D eigenvalue weighted by atomic mass is 35.5. The lowest BCUT2D eigenvalue weighted by Gasteiger charge is -2.10. The Bertz CT molecular complexity index is 1020. The van der Waals surface area contributed by atoms with E-state index in [9.17, 15) is 9.59 Å². The third-order valence-corrected chi connectivity index (χ3v) is 4.56. The van der Waals surface area contributed by atoms with Gasteiger partial charge in [-0.25, -0.2) is 0 Å². The van der Waals surface area contributed by atoms with Crippen molar-refractivity contribution in [1.29, 1.82) is 0 Å². The summed E-state index contributed by atoms with van der Waals surface area (Å²) >= 11 is 12.0. The minimum atomic E-state index is -0.335. The third-order valence-electron chi connectivity index (χ3n) is 4.00. The smallest absolute Gasteiger partial charge is 0.262 e. The zero-order chi connectivity index (χ0) is 20.8. The topological polar surface area (TPSA) is 67.4 Å². The number of carbonyl (C=O) groups excluding carboxylic acids is 2. The largest absolute Gasteiger partial charge is 0.484 e. The summed E-state index contributed by atoms with van der Waals surface area (Å²) in [6.45, 7) is 1.83. The maximum atomic E-state index is 12.4. The van der Waals surface area contributed by atoms with Crippen molar-refractivity contribution < 1.29 is 14.3 Å². The maximum Gasteiger partial charge on any atom is 0.262 e. The Morgan fingerprint density at radius 1 is 0.897 bits per heavy atom. The van der Waals surface area contributed by atoms with Gasteiger partial charge in [-0.3, -0.25) is 9.59 Å². The van der Waals surface area contributed by atoms with Gasteiger partial charge in [0.05, 0.1) is 10.7 Å². The van der Waals surface area contributed by atoms with E-state index >= 15 is 0 Å². The van der Waals surface area contributed by atoms with Crippen molar-refractivity contribution in [2.24, 2.45) is 0 Å². The number of rotatable bonds is 6. The van der Waals surface area contributed by atoms with Crippen molar-refractivity contribution in [1.82, 2.24) is 0 Å². The van der Waals surface area contributed by atoms with Gasteiger partial charge in [-0.2, -0.15) is 0 Å². The van der Waals surface area contributed by atoms with Crippen LogP contribution in [0.3, 0.4) is 0 Å². The average molecular weight is 429 g/mol. The molecule has 3 rings (SSSR count). The molecule has 3 aromatic carbocycles. The van der Waals surface area contributed by atoms with Crippen LogP contribution in [0.2, 0.25) is 10.0 Å². The summed E-state index contributed by atoms with van der Waals surface area (Å²) in [6.07, 6.45) is 0. The second-order valence-corrected chi connectivity index (χ2v) is 7.15. The molecule has 0 aliphatic rings. The first-order chi connectivity index (χ1) is 13.9. The summed E-state index contributed by atoms with van der Waals surface area (Å²) in [6, 6.07) is 18.7. The molecule has 0 atom stereocenters. The Labute approximate surface area is 178 Å². The second-order valence-electron chi connectivity index (χ2n) is 6.31. The number of hydrogen-bond donors (Lipinski definition) is 2. The highest BCUT2D eigenvalue weighted by Crippen LogP contribution is 2.26. The predicted octanol–water partition coefficient (Wildman–Crippen LogP) is 5.57. The zero-order valence-electron chi connectivity index (χ0n) is 15.5. The predicted molar refractivity (Wildman–Crippen MR) is 116 cm³/mol. The van der Waals surface area contributed by atoms with Crippen LogP contribution in [0.25, 0.3) is 0 Å². The van der Waals surface area contributed by atoms with Gasteiger partial charge in [-0.05, 0) is 61.5 Å². The van der Waals surface area contributed by atoms with Gasteiger partial charge in [0.2, 0.25) is 0 Å². The normalized spacial score (nSPS) is 10.3. The lowest BCUT2D eigenvalue weighted by atomic mass is 10.2. The average Bonchev–Trinajstić information content (AvgIpc) is 2.71. The second kappa shape index (κ2) is 9.45. The van der Waals surface area contributed by atoms with E-state index < -0.39 is 0 Å². The standard InChI is InChI=1S/C22H18Cl2N2O3/c1-14-2-7-17(8-3-14)25-21(27)13-29-18-9-4-15(5-10-18)22(28)26-20-12-16(23)6-11-19(20)24/h2-12H,13H2,1H3,(H,25,27)(H,26,28). The lowest BCUT2D eigenvalue weighted by molar-refractivity contribution is -0.118. The molecule has 0 spiro atoms. The molecule has 3 aromatic rings. The molecule has 2 N–H and O–H groups in total.